The van der Waals surface area contributed by atoms with Crippen molar-refractivity contribution < 1.29 is 0 Å². The molecule has 10 aromatic rings. The van der Waals surface area contributed by atoms with Gasteiger partial charge in [0.15, 0.2) is 0 Å². The SMILES string of the molecule is C(=Cc1cccc(-c2ccc(-c3ccc4ccc5c(-c6ccc(-c7cccc(C=Cc8ccccc8)c7)cc6)ccc6ccc3c4c65)cc2)c1)c1ccccc1. The molecule has 0 aliphatic heterocycles. The van der Waals surface area contributed by atoms with Gasteiger partial charge in [-0.1, -0.05) is 218 Å². The van der Waals surface area contributed by atoms with Gasteiger partial charge in [-0.3, -0.25) is 0 Å². The highest BCUT2D eigenvalue weighted by molar-refractivity contribution is 6.27. The minimum absolute atomic E-state index is 1.19. The van der Waals surface area contributed by atoms with E-state index in [-0.39, 0.29) is 0 Å². The molecule has 0 aromatic heterocycles. The van der Waals surface area contributed by atoms with Crippen molar-refractivity contribution in [1.82, 2.24) is 0 Å². The molecule has 0 radical (unpaired) electrons. The molecule has 0 aliphatic carbocycles. The van der Waals surface area contributed by atoms with Crippen LogP contribution in [0.2, 0.25) is 0 Å². The fourth-order valence-electron chi connectivity index (χ4n) is 8.15. The third-order valence-electron chi connectivity index (χ3n) is 11.0. The van der Waals surface area contributed by atoms with Crippen molar-refractivity contribution >= 4 is 56.6 Å². The monoisotopic (exact) mass is 710 g/mol. The van der Waals surface area contributed by atoms with Crippen molar-refractivity contribution in [2.75, 3.05) is 0 Å². The minimum Gasteiger partial charge on any atom is -0.0622 e. The van der Waals surface area contributed by atoms with Crippen molar-refractivity contribution in [3.63, 3.8) is 0 Å². The number of rotatable bonds is 8. The van der Waals surface area contributed by atoms with Crippen LogP contribution < -0.4 is 0 Å². The van der Waals surface area contributed by atoms with Crippen LogP contribution in [0.15, 0.2) is 206 Å². The van der Waals surface area contributed by atoms with Crippen molar-refractivity contribution in [1.29, 1.82) is 0 Å². The van der Waals surface area contributed by atoms with E-state index in [1.165, 1.54) is 99.1 Å². The molecule has 0 spiro atoms. The summed E-state index contributed by atoms with van der Waals surface area (Å²) in [5.74, 6) is 0. The molecular formula is C56H38. The number of benzene rings is 10. The first-order valence-electron chi connectivity index (χ1n) is 19.3. The van der Waals surface area contributed by atoms with E-state index in [4.69, 9.17) is 0 Å². The van der Waals surface area contributed by atoms with E-state index in [0.29, 0.717) is 0 Å². The van der Waals surface area contributed by atoms with Crippen LogP contribution in [-0.2, 0) is 0 Å². The van der Waals surface area contributed by atoms with Crippen LogP contribution in [0.3, 0.4) is 0 Å². The Morgan fingerprint density at radius 1 is 0.232 bits per heavy atom. The Bertz CT molecular complexity index is 2810. The second-order valence-corrected chi connectivity index (χ2v) is 14.5. The Morgan fingerprint density at radius 3 is 1.02 bits per heavy atom. The van der Waals surface area contributed by atoms with Crippen LogP contribution in [-0.4, -0.2) is 0 Å². The van der Waals surface area contributed by atoms with Crippen LogP contribution in [0.4, 0.5) is 0 Å². The van der Waals surface area contributed by atoms with Crippen LogP contribution in [0.5, 0.6) is 0 Å². The third kappa shape index (κ3) is 6.48. The van der Waals surface area contributed by atoms with Gasteiger partial charge >= 0.3 is 0 Å². The molecule has 10 aromatic carbocycles. The highest BCUT2D eigenvalue weighted by atomic mass is 14.2. The van der Waals surface area contributed by atoms with Gasteiger partial charge in [-0.2, -0.15) is 0 Å². The second kappa shape index (κ2) is 14.5. The zero-order chi connectivity index (χ0) is 37.3. The van der Waals surface area contributed by atoms with Crippen molar-refractivity contribution in [3.8, 4) is 44.5 Å². The summed E-state index contributed by atoms with van der Waals surface area (Å²) >= 11 is 0. The summed E-state index contributed by atoms with van der Waals surface area (Å²) in [5, 5.41) is 7.78. The maximum Gasteiger partial charge on any atom is -0.00203 e. The number of hydrogen-bond donors (Lipinski definition) is 0. The van der Waals surface area contributed by atoms with Gasteiger partial charge < -0.3 is 0 Å². The molecule has 262 valence electrons. The average Bonchev–Trinajstić information content (AvgIpc) is 3.28. The molecule has 0 unspecified atom stereocenters. The standard InChI is InChI=1S/C56H38/c1-3-9-39(10-4-1)17-19-41-13-7-15-49(37-41)43-21-25-45(26-22-43)51-33-29-47-32-36-54-52(34-30-48-31-35-53(51)55(47)56(48)54)46-27-23-44(24-28-46)50-16-8-14-42(38-50)20-18-40-11-5-2-6-12-40/h1-38H. The molecule has 0 bridgehead atoms. The lowest BCUT2D eigenvalue weighted by Crippen LogP contribution is -1.90. The molecule has 0 N–H and O–H groups in total. The first-order valence-corrected chi connectivity index (χ1v) is 19.3. The first kappa shape index (κ1) is 33.3. The molecule has 0 aliphatic rings. The Morgan fingerprint density at radius 2 is 0.589 bits per heavy atom. The lowest BCUT2D eigenvalue weighted by Gasteiger charge is -2.17. The van der Waals surface area contributed by atoms with E-state index < -0.39 is 0 Å². The average molecular weight is 711 g/mol. The summed E-state index contributed by atoms with van der Waals surface area (Å²) in [5.41, 5.74) is 14.6. The highest BCUT2D eigenvalue weighted by Crippen LogP contribution is 2.43. The fourth-order valence-corrected chi connectivity index (χ4v) is 8.15. The second-order valence-electron chi connectivity index (χ2n) is 14.5. The molecule has 0 nitrogen and oxygen atoms in total. The molecule has 56 heavy (non-hydrogen) atoms. The van der Waals surface area contributed by atoms with E-state index in [1.54, 1.807) is 0 Å². The van der Waals surface area contributed by atoms with Crippen LogP contribution >= 0.6 is 0 Å². The Labute approximate surface area is 328 Å². The van der Waals surface area contributed by atoms with Gasteiger partial charge in [-0.25, -0.2) is 0 Å². The summed E-state index contributed by atoms with van der Waals surface area (Å²) in [6.07, 6.45) is 8.71. The van der Waals surface area contributed by atoms with E-state index in [9.17, 15) is 0 Å². The first-order chi connectivity index (χ1) is 27.7. The predicted molar refractivity (Wildman–Crippen MR) is 243 cm³/mol. The van der Waals surface area contributed by atoms with Gasteiger partial charge in [0.2, 0.25) is 0 Å². The highest BCUT2D eigenvalue weighted by Gasteiger charge is 2.15. The molecule has 0 fully saturated rings. The van der Waals surface area contributed by atoms with Gasteiger partial charge in [0.25, 0.3) is 0 Å². The van der Waals surface area contributed by atoms with Gasteiger partial charge in [-0.15, -0.1) is 0 Å². The van der Waals surface area contributed by atoms with Crippen molar-refractivity contribution in [3.05, 3.63) is 229 Å². The normalized spacial score (nSPS) is 11.8. The summed E-state index contributed by atoms with van der Waals surface area (Å²) in [4.78, 5) is 0. The summed E-state index contributed by atoms with van der Waals surface area (Å²) in [7, 11) is 0. The molecular weight excluding hydrogens is 673 g/mol. The molecule has 10 rings (SSSR count). The zero-order valence-electron chi connectivity index (χ0n) is 30.9. The smallest absolute Gasteiger partial charge is 0.00203 e. The summed E-state index contributed by atoms with van der Waals surface area (Å²) in [6.45, 7) is 0. The lowest BCUT2D eigenvalue weighted by atomic mass is 9.87. The predicted octanol–water partition coefficient (Wildman–Crippen LogP) is 15.6. The zero-order valence-corrected chi connectivity index (χ0v) is 30.9. The summed E-state index contributed by atoms with van der Waals surface area (Å²) in [6, 6.07) is 74.9. The molecule has 0 atom stereocenters. The van der Waals surface area contributed by atoms with Crippen molar-refractivity contribution in [2.24, 2.45) is 0 Å². The van der Waals surface area contributed by atoms with Crippen LogP contribution in [0, 0.1) is 0 Å². The quantitative estimate of drug-likeness (QED) is 0.109. The van der Waals surface area contributed by atoms with E-state index in [1.807, 2.05) is 12.1 Å². The maximum atomic E-state index is 2.31. The van der Waals surface area contributed by atoms with Gasteiger partial charge in [0, 0.05) is 0 Å². The van der Waals surface area contributed by atoms with Crippen LogP contribution in [0.25, 0.3) is 101 Å². The van der Waals surface area contributed by atoms with Gasteiger partial charge in [-0.05, 0) is 111 Å². The molecule has 0 saturated heterocycles. The molecule has 0 amide bonds. The van der Waals surface area contributed by atoms with E-state index in [0.717, 1.165) is 0 Å². The van der Waals surface area contributed by atoms with E-state index in [2.05, 4.69) is 218 Å². The van der Waals surface area contributed by atoms with Gasteiger partial charge in [0.05, 0.1) is 0 Å². The summed E-state index contributed by atoms with van der Waals surface area (Å²) < 4.78 is 0. The topological polar surface area (TPSA) is 0 Å². The molecule has 0 heterocycles. The molecule has 0 heteroatoms. The van der Waals surface area contributed by atoms with Crippen LogP contribution in [0.1, 0.15) is 22.3 Å². The minimum atomic E-state index is 1.19. The largest absolute Gasteiger partial charge is 0.0622 e. The maximum absolute atomic E-state index is 2.31. The fraction of sp³-hybridized carbons (Fsp3) is 0. The number of hydrogen-bond acceptors (Lipinski definition) is 0. The molecule has 0 saturated carbocycles. The van der Waals surface area contributed by atoms with E-state index >= 15 is 0 Å². The Kier molecular flexibility index (Phi) is 8.63. The Hall–Kier alpha value is -7.28. The van der Waals surface area contributed by atoms with Crippen molar-refractivity contribution in [2.45, 2.75) is 0 Å². The lowest BCUT2D eigenvalue weighted by molar-refractivity contribution is 1.59. The Balaban J connectivity index is 0.959. The third-order valence-corrected chi connectivity index (χ3v) is 11.0. The van der Waals surface area contributed by atoms with Gasteiger partial charge in [0.1, 0.15) is 0 Å².